The van der Waals surface area contributed by atoms with Crippen LogP contribution in [0.25, 0.3) is 0 Å². The van der Waals surface area contributed by atoms with Gasteiger partial charge in [-0.15, -0.1) is 0 Å². The summed E-state index contributed by atoms with van der Waals surface area (Å²) in [5.41, 5.74) is 10.2. The van der Waals surface area contributed by atoms with E-state index in [2.05, 4.69) is 17.6 Å². The van der Waals surface area contributed by atoms with E-state index in [1.807, 2.05) is 0 Å². The maximum absolute atomic E-state index is 10.3. The smallest absolute Gasteiger partial charge is 0.303 e. The second kappa shape index (κ2) is 26.2. The Bertz CT molecular complexity index is 432. The Labute approximate surface area is 190 Å². The molecule has 0 aliphatic carbocycles. The van der Waals surface area contributed by atoms with Crippen LogP contribution in [0.3, 0.4) is 0 Å². The number of hydrogen-bond donors (Lipinski definition) is 7. The van der Waals surface area contributed by atoms with Crippen LogP contribution in [0.2, 0.25) is 0 Å². The van der Waals surface area contributed by atoms with Gasteiger partial charge in [0.2, 0.25) is 0 Å². The molecule has 8 nitrogen and oxygen atoms in total. The first-order valence-electron chi connectivity index (χ1n) is 12.3. The molecule has 8 heteroatoms. The topological polar surface area (TPSA) is 161 Å². The molecule has 0 saturated heterocycles. The van der Waals surface area contributed by atoms with Gasteiger partial charge in [-0.25, -0.2) is 0 Å². The van der Waals surface area contributed by atoms with Crippen LogP contribution in [0.5, 0.6) is 0 Å². The van der Waals surface area contributed by atoms with Crippen molar-refractivity contribution in [1.82, 2.24) is 10.6 Å². The number of aliphatic carboxylic acids is 1. The first-order valence-corrected chi connectivity index (χ1v) is 12.3. The van der Waals surface area contributed by atoms with E-state index in [-0.39, 0.29) is 11.9 Å². The van der Waals surface area contributed by atoms with Gasteiger partial charge in [0.1, 0.15) is 0 Å². The maximum atomic E-state index is 10.3. The fourth-order valence-electron chi connectivity index (χ4n) is 3.14. The van der Waals surface area contributed by atoms with Gasteiger partial charge in [0.15, 0.2) is 11.9 Å². The van der Waals surface area contributed by atoms with E-state index in [0.717, 1.165) is 19.3 Å². The highest BCUT2D eigenvalue weighted by Gasteiger charge is 1.97. The summed E-state index contributed by atoms with van der Waals surface area (Å²) in [7, 11) is 0. The number of rotatable bonds is 19. The van der Waals surface area contributed by atoms with Crippen molar-refractivity contribution < 1.29 is 9.90 Å². The molecule has 0 spiro atoms. The second-order valence-electron chi connectivity index (χ2n) is 8.08. The van der Waals surface area contributed by atoms with Gasteiger partial charge in [-0.3, -0.25) is 20.9 Å². The lowest BCUT2D eigenvalue weighted by Gasteiger charge is -2.06. The summed E-state index contributed by atoms with van der Waals surface area (Å²) in [6, 6.07) is 0. The molecule has 0 heterocycles. The van der Waals surface area contributed by atoms with Crippen LogP contribution in [0.1, 0.15) is 116 Å². The average molecular weight is 443 g/mol. The molecule has 0 rings (SSSR count). The molecule has 0 radical (unpaired) electrons. The van der Waals surface area contributed by atoms with Crippen molar-refractivity contribution in [1.29, 1.82) is 10.8 Å². The van der Waals surface area contributed by atoms with Gasteiger partial charge in [-0.1, -0.05) is 96.8 Å². The number of carboxylic acid groups (broad SMARTS) is 1. The molecule has 0 aliphatic rings. The first-order chi connectivity index (χ1) is 14.9. The zero-order chi connectivity index (χ0) is 23.6. The Morgan fingerprint density at radius 2 is 1.19 bits per heavy atom. The number of guanidine groups is 2. The van der Waals surface area contributed by atoms with E-state index in [1.54, 1.807) is 0 Å². The second-order valence-corrected chi connectivity index (χ2v) is 8.08. The Hall–Kier alpha value is -1.83. The highest BCUT2D eigenvalue weighted by Crippen LogP contribution is 2.13. The monoisotopic (exact) mass is 442 g/mol. The summed E-state index contributed by atoms with van der Waals surface area (Å²) in [6.45, 7) is 3.47. The number of hydrogen-bond acceptors (Lipinski definition) is 4. The maximum Gasteiger partial charge on any atom is 0.303 e. The summed E-state index contributed by atoms with van der Waals surface area (Å²) in [6.07, 6.45) is 21.0. The minimum atomic E-state index is -0.653. The fraction of sp³-hybridized carbons (Fsp3) is 0.870. The van der Waals surface area contributed by atoms with Gasteiger partial charge in [0.05, 0.1) is 0 Å². The third-order valence-electron chi connectivity index (χ3n) is 4.94. The minimum absolute atomic E-state index is 0.0333. The Kier molecular flexibility index (Phi) is 26.5. The van der Waals surface area contributed by atoms with Crippen molar-refractivity contribution in [3.63, 3.8) is 0 Å². The van der Waals surface area contributed by atoms with Crippen LogP contribution in [-0.4, -0.2) is 36.1 Å². The minimum Gasteiger partial charge on any atom is -0.481 e. The molecule has 0 aromatic rings. The molecule has 0 aromatic carbocycles. The predicted molar refractivity (Wildman–Crippen MR) is 132 cm³/mol. The summed E-state index contributed by atoms with van der Waals surface area (Å²) in [5, 5.41) is 27.4. The van der Waals surface area contributed by atoms with Crippen molar-refractivity contribution in [2.45, 2.75) is 116 Å². The Morgan fingerprint density at radius 1 is 0.774 bits per heavy atom. The highest BCUT2D eigenvalue weighted by atomic mass is 16.4. The van der Waals surface area contributed by atoms with Crippen LogP contribution >= 0.6 is 0 Å². The van der Waals surface area contributed by atoms with Gasteiger partial charge in [-0.05, 0) is 19.4 Å². The van der Waals surface area contributed by atoms with Gasteiger partial charge in [-0.2, -0.15) is 0 Å². The molecular formula is C23H50N6O2. The van der Waals surface area contributed by atoms with Crippen molar-refractivity contribution in [3.8, 4) is 0 Å². The number of carboxylic acids is 1. The summed E-state index contributed by atoms with van der Waals surface area (Å²) in [4.78, 5) is 10.3. The van der Waals surface area contributed by atoms with E-state index < -0.39 is 5.97 Å². The lowest BCUT2D eigenvalue weighted by molar-refractivity contribution is -0.137. The quantitative estimate of drug-likeness (QED) is 0.0873. The van der Waals surface area contributed by atoms with Crippen molar-refractivity contribution in [2.75, 3.05) is 13.1 Å². The average Bonchev–Trinajstić information content (AvgIpc) is 2.71. The largest absolute Gasteiger partial charge is 0.481 e. The molecule has 0 fully saturated rings. The molecule has 0 bridgehead atoms. The van der Waals surface area contributed by atoms with Crippen LogP contribution in [0.4, 0.5) is 0 Å². The standard InChI is InChI=1S/C18H36O2.C5H14N6/c1-2-3-4-5-6-7-8-9-10-11-12-13-14-15-16-17-18(19)20;6-2-1-3-10-5(9)11-4(7)8/h2-17H2,1H3,(H,19,20);1-3,6H2,(H6,7,8,9,10,11). The summed E-state index contributed by atoms with van der Waals surface area (Å²) in [5.74, 6) is -0.860. The molecule has 31 heavy (non-hydrogen) atoms. The first kappa shape index (κ1) is 31.4. The number of nitrogens with one attached hydrogen (secondary N) is 4. The number of carbonyl (C=O) groups is 1. The zero-order valence-corrected chi connectivity index (χ0v) is 19.9. The van der Waals surface area contributed by atoms with Crippen molar-refractivity contribution in [2.24, 2.45) is 11.5 Å². The van der Waals surface area contributed by atoms with Gasteiger partial charge in [0.25, 0.3) is 0 Å². The molecule has 0 saturated carbocycles. The number of unbranched alkanes of at least 4 members (excludes halogenated alkanes) is 14. The molecule has 0 amide bonds. The zero-order valence-electron chi connectivity index (χ0n) is 19.9. The molecule has 9 N–H and O–H groups in total. The lowest BCUT2D eigenvalue weighted by atomic mass is 10.0. The SMILES string of the molecule is CCCCCCCCCCCCCCCCCC(=O)O.N=C(N)NC(=N)NCCCN. The summed E-state index contributed by atoms with van der Waals surface area (Å²) >= 11 is 0. The highest BCUT2D eigenvalue weighted by molar-refractivity contribution is 5.94. The van der Waals surface area contributed by atoms with Crippen molar-refractivity contribution in [3.05, 3.63) is 0 Å². The van der Waals surface area contributed by atoms with Crippen LogP contribution < -0.4 is 22.1 Å². The van der Waals surface area contributed by atoms with E-state index in [1.165, 1.54) is 83.5 Å². The van der Waals surface area contributed by atoms with Gasteiger partial charge in [0, 0.05) is 13.0 Å². The van der Waals surface area contributed by atoms with E-state index >= 15 is 0 Å². The van der Waals surface area contributed by atoms with Crippen LogP contribution in [-0.2, 0) is 4.79 Å². The Morgan fingerprint density at radius 3 is 1.55 bits per heavy atom. The van der Waals surface area contributed by atoms with Crippen LogP contribution in [0, 0.1) is 10.8 Å². The van der Waals surface area contributed by atoms with E-state index in [9.17, 15) is 4.79 Å². The molecule has 0 unspecified atom stereocenters. The van der Waals surface area contributed by atoms with Crippen molar-refractivity contribution >= 4 is 17.9 Å². The molecule has 0 aliphatic heterocycles. The lowest BCUT2D eigenvalue weighted by Crippen LogP contribution is -2.43. The normalized spacial score (nSPS) is 10.1. The Balaban J connectivity index is 0. The summed E-state index contributed by atoms with van der Waals surface area (Å²) < 4.78 is 0. The van der Waals surface area contributed by atoms with E-state index in [0.29, 0.717) is 19.5 Å². The molecule has 0 atom stereocenters. The fourth-order valence-corrected chi connectivity index (χ4v) is 3.14. The third-order valence-corrected chi connectivity index (χ3v) is 4.94. The predicted octanol–water partition coefficient (Wildman–Crippen LogP) is 4.68. The van der Waals surface area contributed by atoms with E-state index in [4.69, 9.17) is 27.4 Å². The van der Waals surface area contributed by atoms with Gasteiger partial charge >= 0.3 is 5.97 Å². The van der Waals surface area contributed by atoms with Crippen LogP contribution in [0.15, 0.2) is 0 Å². The third kappa shape index (κ3) is 33.0. The molecule has 0 aromatic heterocycles. The number of nitrogens with two attached hydrogens (primary N) is 2. The van der Waals surface area contributed by atoms with Gasteiger partial charge < -0.3 is 21.9 Å². The molecular weight excluding hydrogens is 392 g/mol. The molecule has 184 valence electrons.